The molecule has 0 aromatic carbocycles. The predicted molar refractivity (Wildman–Crippen MR) is 426 cm³/mol. The van der Waals surface area contributed by atoms with Crippen molar-refractivity contribution in [1.82, 2.24) is 0 Å². The summed E-state index contributed by atoms with van der Waals surface area (Å²) in [6, 6.07) is 0. The monoisotopic (exact) mass is 1480 g/mol. The number of carbonyl (C=O) groups is 3. The van der Waals surface area contributed by atoms with Crippen LogP contribution >= 0.6 is 15.6 Å². The van der Waals surface area contributed by atoms with Crippen LogP contribution in [-0.4, -0.2) is 95.9 Å². The van der Waals surface area contributed by atoms with Gasteiger partial charge in [-0.15, -0.1) is 0 Å². The Morgan fingerprint density at radius 2 is 0.515 bits per heavy atom. The molecule has 0 fully saturated rings. The number of aliphatic hydroxyl groups excluding tert-OH is 2. The van der Waals surface area contributed by atoms with Crippen LogP contribution in [0.5, 0.6) is 0 Å². The molecule has 588 valence electrons. The van der Waals surface area contributed by atoms with Gasteiger partial charge in [-0.2, -0.15) is 0 Å². The lowest BCUT2D eigenvalue weighted by Gasteiger charge is -2.21. The summed E-state index contributed by atoms with van der Waals surface area (Å²) in [5, 5.41) is 20.6. The van der Waals surface area contributed by atoms with Crippen LogP contribution < -0.4 is 0 Å². The van der Waals surface area contributed by atoms with Gasteiger partial charge in [-0.3, -0.25) is 32.5 Å². The predicted octanol–water partition coefficient (Wildman–Crippen LogP) is 23.4. The Labute approximate surface area is 625 Å². The van der Waals surface area contributed by atoms with E-state index >= 15 is 0 Å². The van der Waals surface area contributed by atoms with Gasteiger partial charge >= 0.3 is 33.6 Å². The smallest absolute Gasteiger partial charge is 0.463 e. The zero-order chi connectivity index (χ0) is 75.2. The van der Waals surface area contributed by atoms with E-state index in [1.165, 1.54) is 64.2 Å². The summed E-state index contributed by atoms with van der Waals surface area (Å²) in [5.41, 5.74) is 0. The maximum Gasteiger partial charge on any atom is 0.472 e. The Morgan fingerprint density at radius 1 is 0.282 bits per heavy atom. The third-order valence-corrected chi connectivity index (χ3v) is 18.1. The van der Waals surface area contributed by atoms with Crippen LogP contribution in [0.1, 0.15) is 303 Å². The Balaban J connectivity index is 4.46. The summed E-state index contributed by atoms with van der Waals surface area (Å²) in [5.74, 6) is -1.62. The fraction of sp³-hybridized carbons (Fsp3) is 0.659. The van der Waals surface area contributed by atoms with E-state index in [2.05, 4.69) is 179 Å². The van der Waals surface area contributed by atoms with Crippen molar-refractivity contribution in [2.45, 2.75) is 322 Å². The maximum atomic E-state index is 12.9. The molecular formula is C85H142O16P2. The molecule has 0 aliphatic carbocycles. The minimum Gasteiger partial charge on any atom is -0.463 e. The molecule has 0 aliphatic rings. The van der Waals surface area contributed by atoms with Crippen molar-refractivity contribution in [2.24, 2.45) is 0 Å². The number of allylic oxidation sites excluding steroid dienone is 26. The second-order valence-electron chi connectivity index (χ2n) is 26.1. The van der Waals surface area contributed by atoms with Gasteiger partial charge in [0.15, 0.2) is 6.10 Å². The summed E-state index contributed by atoms with van der Waals surface area (Å²) in [6.45, 7) is 2.34. The lowest BCUT2D eigenvalue weighted by atomic mass is 10.0. The number of phosphoric ester groups is 2. The Bertz CT molecular complexity index is 2500. The van der Waals surface area contributed by atoms with Gasteiger partial charge in [0.05, 0.1) is 26.4 Å². The molecular weight excluding hydrogens is 1340 g/mol. The first-order valence-corrected chi connectivity index (χ1v) is 42.8. The highest BCUT2D eigenvalue weighted by atomic mass is 31.2. The molecule has 5 unspecified atom stereocenters. The quantitative estimate of drug-likeness (QED) is 0.0146. The minimum absolute atomic E-state index is 0.0798. The van der Waals surface area contributed by atoms with Gasteiger partial charge in [-0.25, -0.2) is 9.13 Å². The molecule has 0 heterocycles. The van der Waals surface area contributed by atoms with Gasteiger partial charge in [-0.1, -0.05) is 301 Å². The number of hydrogen-bond donors (Lipinski definition) is 4. The molecule has 0 rings (SSSR count). The molecule has 5 atom stereocenters. The summed E-state index contributed by atoms with van der Waals surface area (Å²) in [6.07, 6.45) is 95.9. The third-order valence-electron chi connectivity index (χ3n) is 16.2. The van der Waals surface area contributed by atoms with Crippen molar-refractivity contribution >= 4 is 33.6 Å². The molecule has 0 spiro atoms. The summed E-state index contributed by atoms with van der Waals surface area (Å²) >= 11 is 0. The van der Waals surface area contributed by atoms with Crippen LogP contribution in [0, 0.1) is 0 Å². The molecule has 4 N–H and O–H groups in total. The molecule has 16 nitrogen and oxygen atoms in total. The van der Waals surface area contributed by atoms with Crippen LogP contribution in [0.25, 0.3) is 0 Å². The summed E-state index contributed by atoms with van der Waals surface area (Å²) in [7, 11) is -9.80. The van der Waals surface area contributed by atoms with Gasteiger partial charge in [-0.05, 0) is 141 Å². The first-order chi connectivity index (χ1) is 50.2. The number of phosphoric acid groups is 2. The standard InChI is InChI=1S/C85H142O16P2/c1-4-7-10-13-16-19-22-25-27-29-31-33-34-35-36-37-38-39-40-41-42-43-44-46-48-49-51-54-56-59-62-65-68-71-83(88)95-74-80(86)75-97-102(91,92)98-76-81(87)77-99-103(93,94)100-79-82(101-85(90)73-70-67-64-61-58-53-24-21-18-15-12-9-6-3)78-96-84(89)72-69-66-63-60-57-55-52-50-47-45-32-30-28-26-23-20-17-14-11-8-5-2/h7-8,10-12,15-17,19-21,24-28,31-33,35-36,38-39,45,50,52,80-82,86-87H,4-6,9,13-14,18,22-23,29-30,34,37,40-44,46-49,51,53-79H2,1-3H3,(H,91,92)(H,93,94)/b10-7-,11-8-,15-12-,19-16-,20-17-,24-21-,27-25-,28-26-,33-31-,36-35-,39-38-,45-32-,52-50-. The van der Waals surface area contributed by atoms with Gasteiger partial charge in [0.2, 0.25) is 0 Å². The lowest BCUT2D eigenvalue weighted by molar-refractivity contribution is -0.161. The first kappa shape index (κ1) is 98.2. The third kappa shape index (κ3) is 78.1. The van der Waals surface area contributed by atoms with Crippen molar-refractivity contribution in [3.63, 3.8) is 0 Å². The average molecular weight is 1480 g/mol. The van der Waals surface area contributed by atoms with Crippen molar-refractivity contribution in [3.05, 3.63) is 158 Å². The molecule has 18 heteroatoms. The first-order valence-electron chi connectivity index (χ1n) is 39.8. The van der Waals surface area contributed by atoms with E-state index < -0.39 is 91.5 Å². The second-order valence-corrected chi connectivity index (χ2v) is 29.0. The van der Waals surface area contributed by atoms with E-state index in [0.717, 1.165) is 180 Å². The van der Waals surface area contributed by atoms with Gasteiger partial charge in [0.1, 0.15) is 25.4 Å². The van der Waals surface area contributed by atoms with Crippen LogP contribution in [0.2, 0.25) is 0 Å². The molecule has 0 saturated carbocycles. The van der Waals surface area contributed by atoms with E-state index in [4.69, 9.17) is 32.3 Å². The molecule has 0 amide bonds. The largest absolute Gasteiger partial charge is 0.472 e. The van der Waals surface area contributed by atoms with Crippen LogP contribution in [0.3, 0.4) is 0 Å². The van der Waals surface area contributed by atoms with E-state index in [0.29, 0.717) is 19.3 Å². The number of rotatable bonds is 74. The summed E-state index contributed by atoms with van der Waals surface area (Å²) < 4.78 is 61.1. The van der Waals surface area contributed by atoms with Crippen LogP contribution in [0.15, 0.2) is 158 Å². The SMILES string of the molecule is CC/C=C\C/C=C\C/C=C\C/C=C\C/C=C\C/C=C\CCCCCCCCCCCCCCCCC(=O)OCC(O)COP(=O)(O)OCC(O)COP(=O)(O)OCC(COC(=O)CCCCCCC/C=C\C/C=C\C/C=C\C/C=C\C/C=C\CC)OC(=O)CCCCCCC/C=C\C/C=C\CCC. The second kappa shape index (κ2) is 76.8. The zero-order valence-electron chi connectivity index (χ0n) is 64.2. The van der Waals surface area contributed by atoms with E-state index in [9.17, 15) is 43.5 Å². The number of unbranched alkanes of at least 4 members (excludes halogenated alkanes) is 25. The molecule has 0 aliphatic heterocycles. The molecule has 0 radical (unpaired) electrons. The topological polar surface area (TPSA) is 231 Å². The molecule has 0 saturated heterocycles. The zero-order valence-corrected chi connectivity index (χ0v) is 66.0. The minimum atomic E-state index is -4.94. The van der Waals surface area contributed by atoms with Crippen molar-refractivity contribution in [1.29, 1.82) is 0 Å². The van der Waals surface area contributed by atoms with E-state index in [1.54, 1.807) is 0 Å². The number of aliphatic hydroxyl groups is 2. The van der Waals surface area contributed by atoms with Gasteiger partial charge < -0.3 is 34.2 Å². The van der Waals surface area contributed by atoms with Gasteiger partial charge in [0, 0.05) is 19.3 Å². The number of esters is 3. The fourth-order valence-corrected chi connectivity index (χ4v) is 11.8. The fourth-order valence-electron chi connectivity index (χ4n) is 10.2. The Morgan fingerprint density at radius 3 is 0.816 bits per heavy atom. The van der Waals surface area contributed by atoms with Crippen molar-refractivity contribution in [3.8, 4) is 0 Å². The maximum absolute atomic E-state index is 12.9. The molecule has 0 aromatic rings. The van der Waals surface area contributed by atoms with Crippen LogP contribution in [-0.2, 0) is 55.8 Å². The molecule has 0 bridgehead atoms. The number of hydrogen-bond acceptors (Lipinski definition) is 14. The highest BCUT2D eigenvalue weighted by molar-refractivity contribution is 7.47. The molecule has 103 heavy (non-hydrogen) atoms. The van der Waals surface area contributed by atoms with Crippen LogP contribution in [0.4, 0.5) is 0 Å². The van der Waals surface area contributed by atoms with Crippen molar-refractivity contribution in [2.75, 3.05) is 39.6 Å². The normalized spacial score (nSPS) is 14.8. The highest BCUT2D eigenvalue weighted by Crippen LogP contribution is 2.45. The average Bonchev–Trinajstić information content (AvgIpc) is 0.937. The van der Waals surface area contributed by atoms with Gasteiger partial charge in [0.25, 0.3) is 0 Å². The number of ether oxygens (including phenoxy) is 3. The highest BCUT2D eigenvalue weighted by Gasteiger charge is 2.29. The van der Waals surface area contributed by atoms with E-state index in [1.807, 2.05) is 0 Å². The number of carbonyl (C=O) groups excluding carboxylic acids is 3. The Kier molecular flexibility index (Phi) is 73.2. The van der Waals surface area contributed by atoms with Crippen molar-refractivity contribution < 1.29 is 75.8 Å². The van der Waals surface area contributed by atoms with E-state index in [-0.39, 0.29) is 19.3 Å². The molecule has 0 aromatic heterocycles. The lowest BCUT2D eigenvalue weighted by Crippen LogP contribution is -2.30. The Hall–Kier alpha value is -4.83. The summed E-state index contributed by atoms with van der Waals surface area (Å²) in [4.78, 5) is 58.6.